The Kier molecular flexibility index (Phi) is 5.80. The summed E-state index contributed by atoms with van der Waals surface area (Å²) in [6.07, 6.45) is 6.20. The summed E-state index contributed by atoms with van der Waals surface area (Å²) in [5.74, 6) is -0.838. The molecule has 0 unspecified atom stereocenters. The van der Waals surface area contributed by atoms with Crippen LogP contribution in [0, 0.1) is 0 Å². The monoisotopic (exact) mass is 410 g/mol. The summed E-state index contributed by atoms with van der Waals surface area (Å²) in [6, 6.07) is 10.8. The van der Waals surface area contributed by atoms with Gasteiger partial charge in [-0.25, -0.2) is 0 Å². The first-order chi connectivity index (χ1) is 14.1. The van der Waals surface area contributed by atoms with Crippen molar-refractivity contribution >= 4 is 40.9 Å². The second kappa shape index (κ2) is 8.65. The Bertz CT molecular complexity index is 915. The maximum atomic E-state index is 13.2. The van der Waals surface area contributed by atoms with Crippen molar-refractivity contribution < 1.29 is 14.4 Å². The molecule has 8 heteroatoms. The zero-order valence-electron chi connectivity index (χ0n) is 15.9. The van der Waals surface area contributed by atoms with Gasteiger partial charge in [0.25, 0.3) is 5.91 Å². The summed E-state index contributed by atoms with van der Waals surface area (Å²) in [6.45, 7) is 1.22. The zero-order chi connectivity index (χ0) is 20.2. The summed E-state index contributed by atoms with van der Waals surface area (Å²) in [5.41, 5.74) is 1.22. The van der Waals surface area contributed by atoms with Crippen LogP contribution >= 0.6 is 11.8 Å². The number of pyridine rings is 1. The lowest BCUT2D eigenvalue weighted by Crippen LogP contribution is -2.52. The number of amides is 3. The van der Waals surface area contributed by atoms with Gasteiger partial charge in [0, 0.05) is 24.2 Å². The minimum Gasteiger partial charge on any atom is -0.341 e. The van der Waals surface area contributed by atoms with Crippen molar-refractivity contribution in [3.8, 4) is 0 Å². The van der Waals surface area contributed by atoms with Crippen molar-refractivity contribution in [2.24, 2.45) is 0 Å². The highest BCUT2D eigenvalue weighted by molar-refractivity contribution is 8.01. The minimum absolute atomic E-state index is 0.158. The number of hydrogen-bond donors (Lipinski definition) is 1. The lowest BCUT2D eigenvalue weighted by Gasteiger charge is -2.36. The number of likely N-dealkylation sites (tertiary alicyclic amines) is 1. The third-order valence-corrected chi connectivity index (χ3v) is 6.27. The van der Waals surface area contributed by atoms with E-state index in [1.807, 2.05) is 18.2 Å². The number of benzene rings is 1. The fourth-order valence-corrected chi connectivity index (χ4v) is 4.79. The van der Waals surface area contributed by atoms with E-state index in [1.54, 1.807) is 35.5 Å². The summed E-state index contributed by atoms with van der Waals surface area (Å²) in [4.78, 5) is 46.9. The van der Waals surface area contributed by atoms with Crippen LogP contribution in [0.25, 0.3) is 0 Å². The molecule has 1 aromatic carbocycles. The summed E-state index contributed by atoms with van der Waals surface area (Å²) in [5, 5.41) is 1.90. The molecule has 0 radical (unpaired) electrons. The average molecular weight is 410 g/mol. The lowest BCUT2D eigenvalue weighted by atomic mass is 10.1. The van der Waals surface area contributed by atoms with Crippen LogP contribution < -0.4 is 10.2 Å². The van der Waals surface area contributed by atoms with Crippen LogP contribution in [0.3, 0.4) is 0 Å². The molecule has 150 valence electrons. The smallest absolute Gasteiger partial charge is 0.250 e. The maximum Gasteiger partial charge on any atom is 0.250 e. The molecule has 3 heterocycles. The first-order valence-corrected chi connectivity index (χ1v) is 10.6. The Labute approximate surface area is 173 Å². The molecule has 2 aromatic rings. The molecule has 4 rings (SSSR count). The van der Waals surface area contributed by atoms with Crippen molar-refractivity contribution in [2.75, 3.05) is 29.9 Å². The van der Waals surface area contributed by atoms with E-state index in [-0.39, 0.29) is 24.3 Å². The second-order valence-corrected chi connectivity index (χ2v) is 8.21. The summed E-state index contributed by atoms with van der Waals surface area (Å²) >= 11 is 1.28. The van der Waals surface area contributed by atoms with Crippen LogP contribution in [0.15, 0.2) is 53.7 Å². The van der Waals surface area contributed by atoms with E-state index >= 15 is 0 Å². The SMILES string of the molecule is O=C(CN1C(=O)[C@H](C(=O)N2CCCCC2)Sc2ccccc21)Nc1cccnc1. The molecule has 1 aromatic heterocycles. The number of anilines is 2. The molecule has 1 atom stereocenters. The number of nitrogens with one attached hydrogen (secondary N) is 1. The average Bonchev–Trinajstić information content (AvgIpc) is 2.76. The predicted molar refractivity (Wildman–Crippen MR) is 112 cm³/mol. The highest BCUT2D eigenvalue weighted by Crippen LogP contribution is 2.39. The Balaban J connectivity index is 1.55. The number of carbonyl (C=O) groups excluding carboxylic acids is 3. The largest absolute Gasteiger partial charge is 0.341 e. The third kappa shape index (κ3) is 4.27. The normalized spacial score (nSPS) is 18.9. The Hall–Kier alpha value is -2.87. The van der Waals surface area contributed by atoms with Gasteiger partial charge in [-0.2, -0.15) is 0 Å². The Morgan fingerprint density at radius 2 is 1.90 bits per heavy atom. The molecule has 1 saturated heterocycles. The number of piperidine rings is 1. The maximum absolute atomic E-state index is 13.2. The highest BCUT2D eigenvalue weighted by atomic mass is 32.2. The molecule has 0 bridgehead atoms. The number of fused-ring (bicyclic) bond motifs is 1. The van der Waals surface area contributed by atoms with E-state index < -0.39 is 5.25 Å². The van der Waals surface area contributed by atoms with Crippen LogP contribution in [0.1, 0.15) is 19.3 Å². The van der Waals surface area contributed by atoms with Gasteiger partial charge >= 0.3 is 0 Å². The Morgan fingerprint density at radius 1 is 1.10 bits per heavy atom. The van der Waals surface area contributed by atoms with Gasteiger partial charge in [0.1, 0.15) is 6.54 Å². The van der Waals surface area contributed by atoms with Gasteiger partial charge in [0.15, 0.2) is 5.25 Å². The summed E-state index contributed by atoms with van der Waals surface area (Å²) in [7, 11) is 0. The number of aromatic nitrogens is 1. The quantitative estimate of drug-likeness (QED) is 0.784. The molecule has 1 N–H and O–H groups in total. The minimum atomic E-state index is -0.853. The van der Waals surface area contributed by atoms with Gasteiger partial charge in [-0.15, -0.1) is 11.8 Å². The molecular weight excluding hydrogens is 388 g/mol. The number of rotatable bonds is 4. The van der Waals surface area contributed by atoms with E-state index in [1.165, 1.54) is 16.7 Å². The van der Waals surface area contributed by atoms with Crippen molar-refractivity contribution in [1.29, 1.82) is 0 Å². The van der Waals surface area contributed by atoms with Crippen molar-refractivity contribution in [2.45, 2.75) is 29.4 Å². The molecule has 3 amide bonds. The van der Waals surface area contributed by atoms with Crippen LogP contribution in [-0.4, -0.2) is 52.5 Å². The van der Waals surface area contributed by atoms with Crippen LogP contribution in [0.5, 0.6) is 0 Å². The number of nitrogens with zero attached hydrogens (tertiary/aromatic N) is 3. The van der Waals surface area contributed by atoms with Crippen LogP contribution in [-0.2, 0) is 14.4 Å². The van der Waals surface area contributed by atoms with Crippen LogP contribution in [0.2, 0.25) is 0 Å². The van der Waals surface area contributed by atoms with E-state index in [0.717, 1.165) is 24.2 Å². The Morgan fingerprint density at radius 3 is 2.66 bits per heavy atom. The fourth-order valence-electron chi connectivity index (χ4n) is 3.60. The molecule has 0 saturated carbocycles. The van der Waals surface area contributed by atoms with E-state index in [2.05, 4.69) is 10.3 Å². The third-order valence-electron chi connectivity index (χ3n) is 5.03. The molecular formula is C21H22N4O3S. The molecule has 0 spiro atoms. The van der Waals surface area contributed by atoms with E-state index in [0.29, 0.717) is 24.5 Å². The first-order valence-electron chi connectivity index (χ1n) is 9.69. The van der Waals surface area contributed by atoms with Crippen molar-refractivity contribution in [3.05, 3.63) is 48.8 Å². The van der Waals surface area contributed by atoms with Gasteiger partial charge in [-0.1, -0.05) is 12.1 Å². The number of thioether (sulfide) groups is 1. The molecule has 2 aliphatic rings. The van der Waals surface area contributed by atoms with Gasteiger partial charge in [0.05, 0.1) is 17.6 Å². The van der Waals surface area contributed by atoms with Gasteiger partial charge < -0.3 is 15.1 Å². The standard InChI is InChI=1S/C21H22N4O3S/c26-18(23-15-7-6-10-22-13-15)14-25-16-8-2-3-9-17(16)29-19(21(25)28)20(27)24-11-4-1-5-12-24/h2-3,6-10,13,19H,1,4-5,11-12,14H2,(H,23,26)/t19-/m0/s1. The van der Waals surface area contributed by atoms with Crippen LogP contribution in [0.4, 0.5) is 11.4 Å². The number of carbonyl (C=O) groups is 3. The fraction of sp³-hybridized carbons (Fsp3) is 0.333. The molecule has 2 aliphatic heterocycles. The summed E-state index contributed by atoms with van der Waals surface area (Å²) < 4.78 is 0. The topological polar surface area (TPSA) is 82.6 Å². The van der Waals surface area contributed by atoms with Crippen molar-refractivity contribution in [1.82, 2.24) is 9.88 Å². The predicted octanol–water partition coefficient (Wildman–Crippen LogP) is 2.54. The second-order valence-electron chi connectivity index (χ2n) is 7.07. The van der Waals surface area contributed by atoms with Gasteiger partial charge in [-0.3, -0.25) is 19.4 Å². The first kappa shape index (κ1) is 19.4. The molecule has 1 fully saturated rings. The van der Waals surface area contributed by atoms with E-state index in [9.17, 15) is 14.4 Å². The molecule has 29 heavy (non-hydrogen) atoms. The number of para-hydroxylation sites is 1. The van der Waals surface area contributed by atoms with Gasteiger partial charge in [0.2, 0.25) is 11.8 Å². The molecule has 7 nitrogen and oxygen atoms in total. The lowest BCUT2D eigenvalue weighted by molar-refractivity contribution is -0.135. The zero-order valence-corrected chi connectivity index (χ0v) is 16.7. The van der Waals surface area contributed by atoms with Crippen molar-refractivity contribution in [3.63, 3.8) is 0 Å². The van der Waals surface area contributed by atoms with Gasteiger partial charge in [-0.05, 0) is 43.5 Å². The highest BCUT2D eigenvalue weighted by Gasteiger charge is 2.40. The number of hydrogen-bond acceptors (Lipinski definition) is 5. The molecule has 0 aliphatic carbocycles. The van der Waals surface area contributed by atoms with E-state index in [4.69, 9.17) is 0 Å².